The summed E-state index contributed by atoms with van der Waals surface area (Å²) in [5.74, 6) is 2.04. The molecule has 1 fully saturated rings. The van der Waals surface area contributed by atoms with Crippen molar-refractivity contribution in [3.8, 4) is 0 Å². The summed E-state index contributed by atoms with van der Waals surface area (Å²) in [7, 11) is 1.83. The molecule has 1 rings (SSSR count). The number of nitrogens with one attached hydrogen (secondary N) is 2. The first kappa shape index (κ1) is 15.6. The van der Waals surface area contributed by atoms with Gasteiger partial charge in [-0.1, -0.05) is 6.42 Å². The molecule has 0 radical (unpaired) electrons. The van der Waals surface area contributed by atoms with Crippen LogP contribution in [0.4, 0.5) is 0 Å². The van der Waals surface area contributed by atoms with Crippen molar-refractivity contribution >= 4 is 17.7 Å². The number of nitrogens with zero attached hydrogens (tertiary/aromatic N) is 2. The van der Waals surface area contributed by atoms with Crippen molar-refractivity contribution in [2.45, 2.75) is 32.2 Å². The van der Waals surface area contributed by atoms with Gasteiger partial charge in [0.25, 0.3) is 0 Å². The van der Waals surface area contributed by atoms with Crippen molar-refractivity contribution in [3.63, 3.8) is 0 Å². The van der Waals surface area contributed by atoms with E-state index in [9.17, 15) is 0 Å². The highest BCUT2D eigenvalue weighted by molar-refractivity contribution is 7.98. The number of rotatable bonds is 6. The smallest absolute Gasteiger partial charge is 0.191 e. The first-order valence-corrected chi connectivity index (χ1v) is 8.34. The number of likely N-dealkylation sites (tertiary alicyclic amines) is 1. The normalized spacial score (nSPS) is 21.9. The minimum Gasteiger partial charge on any atom is -0.356 e. The third kappa shape index (κ3) is 5.96. The number of piperidine rings is 1. The maximum absolute atomic E-state index is 4.23. The molecule has 0 aromatic rings. The Morgan fingerprint density at radius 2 is 2.11 bits per heavy atom. The van der Waals surface area contributed by atoms with Gasteiger partial charge in [-0.3, -0.25) is 9.89 Å². The standard InChI is InChI=1S/C13H28N4S/c1-12-6-4-5-9-17(12)10-7-15-13(14-2)16-8-11-18-3/h12H,4-11H2,1-3H3,(H2,14,15,16). The summed E-state index contributed by atoms with van der Waals surface area (Å²) in [6, 6.07) is 0.743. The molecule has 4 nitrogen and oxygen atoms in total. The van der Waals surface area contributed by atoms with Crippen LogP contribution < -0.4 is 10.6 Å². The van der Waals surface area contributed by atoms with Crippen LogP contribution in [0.2, 0.25) is 0 Å². The zero-order valence-corrected chi connectivity index (χ0v) is 12.9. The minimum atomic E-state index is 0.743. The lowest BCUT2D eigenvalue weighted by Crippen LogP contribution is -2.45. The highest BCUT2D eigenvalue weighted by Crippen LogP contribution is 2.15. The fraction of sp³-hybridized carbons (Fsp3) is 0.923. The number of hydrogen-bond acceptors (Lipinski definition) is 3. The summed E-state index contributed by atoms with van der Waals surface area (Å²) in [5, 5.41) is 6.70. The number of guanidine groups is 1. The molecule has 1 aliphatic heterocycles. The van der Waals surface area contributed by atoms with Gasteiger partial charge in [-0.15, -0.1) is 0 Å². The van der Waals surface area contributed by atoms with Gasteiger partial charge in [-0.25, -0.2) is 0 Å². The van der Waals surface area contributed by atoms with E-state index in [2.05, 4.69) is 33.7 Å². The van der Waals surface area contributed by atoms with Crippen LogP contribution in [0.15, 0.2) is 4.99 Å². The van der Waals surface area contributed by atoms with Gasteiger partial charge in [0.15, 0.2) is 5.96 Å². The summed E-state index contributed by atoms with van der Waals surface area (Å²) < 4.78 is 0. The predicted octanol–water partition coefficient (Wildman–Crippen LogP) is 1.39. The first-order valence-electron chi connectivity index (χ1n) is 6.95. The lowest BCUT2D eigenvalue weighted by Gasteiger charge is -2.33. The maximum Gasteiger partial charge on any atom is 0.191 e. The number of aliphatic imine (C=N–C) groups is 1. The van der Waals surface area contributed by atoms with Crippen LogP contribution in [0.1, 0.15) is 26.2 Å². The molecule has 1 heterocycles. The van der Waals surface area contributed by atoms with Crippen LogP contribution in [-0.4, -0.2) is 62.1 Å². The molecule has 0 aliphatic carbocycles. The highest BCUT2D eigenvalue weighted by atomic mass is 32.2. The molecular formula is C13H28N4S. The summed E-state index contributed by atoms with van der Waals surface area (Å²) in [6.07, 6.45) is 6.21. The number of hydrogen-bond donors (Lipinski definition) is 2. The summed E-state index contributed by atoms with van der Waals surface area (Å²) in [6.45, 7) is 6.65. The first-order chi connectivity index (χ1) is 8.77. The summed E-state index contributed by atoms with van der Waals surface area (Å²) in [4.78, 5) is 6.80. The second-order valence-corrected chi connectivity index (χ2v) is 5.78. The Labute approximate surface area is 116 Å². The zero-order valence-electron chi connectivity index (χ0n) is 12.0. The van der Waals surface area contributed by atoms with E-state index in [-0.39, 0.29) is 0 Å². The average molecular weight is 272 g/mol. The molecule has 5 heteroatoms. The van der Waals surface area contributed by atoms with Crippen LogP contribution in [0.25, 0.3) is 0 Å². The van der Waals surface area contributed by atoms with Crippen molar-refractivity contribution in [1.82, 2.24) is 15.5 Å². The second-order valence-electron chi connectivity index (χ2n) is 4.80. The van der Waals surface area contributed by atoms with Gasteiger partial charge in [-0.2, -0.15) is 11.8 Å². The third-order valence-electron chi connectivity index (χ3n) is 3.45. The second kappa shape index (κ2) is 9.50. The van der Waals surface area contributed by atoms with E-state index in [1.165, 1.54) is 25.8 Å². The summed E-state index contributed by atoms with van der Waals surface area (Å²) >= 11 is 1.85. The molecule has 1 saturated heterocycles. The van der Waals surface area contributed by atoms with Crippen molar-refractivity contribution in [2.24, 2.45) is 4.99 Å². The van der Waals surface area contributed by atoms with E-state index >= 15 is 0 Å². The fourth-order valence-electron chi connectivity index (χ4n) is 2.30. The molecule has 0 amide bonds. The Balaban J connectivity index is 2.14. The predicted molar refractivity (Wildman–Crippen MR) is 82.6 cm³/mol. The SMILES string of the molecule is CN=C(NCCSC)NCCN1CCCCC1C. The molecule has 0 saturated carbocycles. The molecule has 1 atom stereocenters. The lowest BCUT2D eigenvalue weighted by atomic mass is 10.0. The van der Waals surface area contributed by atoms with Crippen LogP contribution >= 0.6 is 11.8 Å². The molecule has 1 aliphatic rings. The summed E-state index contributed by atoms with van der Waals surface area (Å²) in [5.41, 5.74) is 0. The van der Waals surface area contributed by atoms with Gasteiger partial charge < -0.3 is 10.6 Å². The highest BCUT2D eigenvalue weighted by Gasteiger charge is 2.17. The molecular weight excluding hydrogens is 244 g/mol. The van der Waals surface area contributed by atoms with Gasteiger partial charge in [0.1, 0.15) is 0 Å². The van der Waals surface area contributed by atoms with E-state index < -0.39 is 0 Å². The van der Waals surface area contributed by atoms with E-state index in [1.807, 2.05) is 18.8 Å². The van der Waals surface area contributed by atoms with Crippen LogP contribution in [0.5, 0.6) is 0 Å². The van der Waals surface area contributed by atoms with E-state index in [1.54, 1.807) is 0 Å². The molecule has 0 aromatic heterocycles. The van der Waals surface area contributed by atoms with E-state index in [0.29, 0.717) is 0 Å². The van der Waals surface area contributed by atoms with Crippen molar-refractivity contribution < 1.29 is 0 Å². The largest absolute Gasteiger partial charge is 0.356 e. The maximum atomic E-state index is 4.23. The molecule has 0 bridgehead atoms. The van der Waals surface area contributed by atoms with E-state index in [0.717, 1.165) is 37.4 Å². The molecule has 18 heavy (non-hydrogen) atoms. The third-order valence-corrected chi connectivity index (χ3v) is 4.07. The zero-order chi connectivity index (χ0) is 13.2. The molecule has 106 valence electrons. The van der Waals surface area contributed by atoms with Crippen molar-refractivity contribution in [3.05, 3.63) is 0 Å². The number of thioether (sulfide) groups is 1. The lowest BCUT2D eigenvalue weighted by molar-refractivity contribution is 0.163. The van der Waals surface area contributed by atoms with Crippen molar-refractivity contribution in [1.29, 1.82) is 0 Å². The molecule has 2 N–H and O–H groups in total. The average Bonchev–Trinajstić information content (AvgIpc) is 2.39. The van der Waals surface area contributed by atoms with Gasteiger partial charge in [0, 0.05) is 38.5 Å². The monoisotopic (exact) mass is 272 g/mol. The van der Waals surface area contributed by atoms with Gasteiger partial charge in [0.05, 0.1) is 0 Å². The Morgan fingerprint density at radius 3 is 2.78 bits per heavy atom. The fourth-order valence-corrected chi connectivity index (χ4v) is 2.61. The molecule has 1 unspecified atom stereocenters. The van der Waals surface area contributed by atoms with Crippen LogP contribution in [-0.2, 0) is 0 Å². The van der Waals surface area contributed by atoms with Gasteiger partial charge >= 0.3 is 0 Å². The Kier molecular flexibility index (Phi) is 8.25. The molecule has 0 spiro atoms. The van der Waals surface area contributed by atoms with E-state index in [4.69, 9.17) is 0 Å². The topological polar surface area (TPSA) is 39.7 Å². The molecule has 0 aromatic carbocycles. The quantitative estimate of drug-likeness (QED) is 0.435. The Morgan fingerprint density at radius 1 is 1.33 bits per heavy atom. The minimum absolute atomic E-state index is 0.743. The van der Waals surface area contributed by atoms with Crippen molar-refractivity contribution in [2.75, 3.05) is 45.2 Å². The Hall–Kier alpha value is -0.420. The Bertz CT molecular complexity index is 245. The van der Waals surface area contributed by atoms with Crippen LogP contribution in [0, 0.1) is 0 Å². The van der Waals surface area contributed by atoms with Gasteiger partial charge in [0.2, 0.25) is 0 Å². The van der Waals surface area contributed by atoms with Crippen LogP contribution in [0.3, 0.4) is 0 Å². The van der Waals surface area contributed by atoms with Gasteiger partial charge in [-0.05, 0) is 32.6 Å².